The average Bonchev–Trinajstić information content (AvgIpc) is 3.14. The van der Waals surface area contributed by atoms with Gasteiger partial charge in [-0.2, -0.15) is 5.26 Å². The fourth-order valence-electron chi connectivity index (χ4n) is 4.26. The van der Waals surface area contributed by atoms with Gasteiger partial charge in [-0.25, -0.2) is 23.7 Å². The minimum Gasteiger partial charge on any atom is -0.476 e. The number of fused-ring (bicyclic) bond motifs is 2. The van der Waals surface area contributed by atoms with Crippen LogP contribution in [0.4, 0.5) is 14.5 Å². The quantitative estimate of drug-likeness (QED) is 0.449. The zero-order valence-corrected chi connectivity index (χ0v) is 20.5. The zero-order valence-electron chi connectivity index (χ0n) is 20.5. The van der Waals surface area contributed by atoms with Crippen LogP contribution >= 0.6 is 0 Å². The van der Waals surface area contributed by atoms with Crippen molar-refractivity contribution in [2.45, 2.75) is 45.9 Å². The molecule has 0 saturated heterocycles. The third-order valence-corrected chi connectivity index (χ3v) is 6.18. The van der Waals surface area contributed by atoms with Crippen LogP contribution in [0.3, 0.4) is 0 Å². The number of aliphatic hydroxyl groups is 1. The molecule has 1 N–H and O–H groups in total. The fourth-order valence-corrected chi connectivity index (χ4v) is 4.26. The third kappa shape index (κ3) is 4.15. The van der Waals surface area contributed by atoms with Crippen LogP contribution in [-0.4, -0.2) is 36.5 Å². The minimum atomic E-state index is -1.25. The molecular formula is C26H22F2N6O3. The fraction of sp³-hybridized carbons (Fsp3) is 0.269. The lowest BCUT2D eigenvalue weighted by molar-refractivity contribution is -0.125. The predicted molar refractivity (Wildman–Crippen MR) is 129 cm³/mol. The Morgan fingerprint density at radius 3 is 2.54 bits per heavy atom. The minimum absolute atomic E-state index is 0.0277. The number of ether oxygens (including phenoxy) is 1. The number of hydrogen-bond acceptors (Lipinski definition) is 7. The first-order valence-corrected chi connectivity index (χ1v) is 11.4. The lowest BCUT2D eigenvalue weighted by Crippen LogP contribution is -2.44. The van der Waals surface area contributed by atoms with Gasteiger partial charge in [0.05, 0.1) is 35.3 Å². The lowest BCUT2D eigenvalue weighted by Gasteiger charge is -2.33. The van der Waals surface area contributed by atoms with Crippen LogP contribution in [0.2, 0.25) is 0 Å². The van der Waals surface area contributed by atoms with Gasteiger partial charge >= 0.3 is 0 Å². The van der Waals surface area contributed by atoms with Crippen LogP contribution in [0.25, 0.3) is 16.8 Å². The van der Waals surface area contributed by atoms with Crippen molar-refractivity contribution in [3.05, 3.63) is 71.2 Å². The van der Waals surface area contributed by atoms with Crippen LogP contribution in [0.1, 0.15) is 43.5 Å². The normalized spacial score (nSPS) is 15.5. The van der Waals surface area contributed by atoms with E-state index in [4.69, 9.17) is 4.74 Å². The Kier molecular flexibility index (Phi) is 5.64. The molecule has 37 heavy (non-hydrogen) atoms. The summed E-state index contributed by atoms with van der Waals surface area (Å²) in [4.78, 5) is 27.2. The largest absolute Gasteiger partial charge is 0.476 e. The monoisotopic (exact) mass is 504 g/mol. The highest BCUT2D eigenvalue weighted by atomic mass is 19.1. The molecule has 9 nitrogen and oxygen atoms in total. The number of nitriles is 1. The molecule has 3 aromatic heterocycles. The maximum atomic E-state index is 15.1. The standard InChI is InChI=1S/C26H22F2N6O3/c1-13-21(12-34-20-6-15(8-29)5-19(28)23(20)37-14(2)24(34)35)33-11-17(18(27)7-22(33)32-13)16-9-30-25(31-10-16)26(3,4)36/h5-7,9-11,14,36H,12H2,1-4H3/t14-/m1/s1. The van der Waals surface area contributed by atoms with E-state index in [0.717, 1.165) is 6.07 Å². The maximum Gasteiger partial charge on any atom is 0.268 e. The number of rotatable bonds is 4. The molecule has 0 unspecified atom stereocenters. The number of carbonyl (C=O) groups is 1. The molecule has 1 atom stereocenters. The summed E-state index contributed by atoms with van der Waals surface area (Å²) in [7, 11) is 0. The molecule has 0 fully saturated rings. The van der Waals surface area contributed by atoms with Crippen LogP contribution in [-0.2, 0) is 16.9 Å². The van der Waals surface area contributed by atoms with Gasteiger partial charge in [0, 0.05) is 35.8 Å². The van der Waals surface area contributed by atoms with Crippen molar-refractivity contribution in [2.75, 3.05) is 4.90 Å². The Morgan fingerprint density at radius 2 is 1.89 bits per heavy atom. The van der Waals surface area contributed by atoms with Gasteiger partial charge in [-0.05, 0) is 39.8 Å². The number of aryl methyl sites for hydroxylation is 1. The van der Waals surface area contributed by atoms with Gasteiger partial charge in [0.25, 0.3) is 5.91 Å². The van der Waals surface area contributed by atoms with Gasteiger partial charge in [0.1, 0.15) is 17.1 Å². The smallest absolute Gasteiger partial charge is 0.268 e. The van der Waals surface area contributed by atoms with E-state index >= 15 is 4.39 Å². The molecule has 0 aliphatic carbocycles. The van der Waals surface area contributed by atoms with E-state index in [1.807, 2.05) is 6.07 Å². The highest BCUT2D eigenvalue weighted by molar-refractivity contribution is 6.00. The van der Waals surface area contributed by atoms with Crippen LogP contribution in [0.15, 0.2) is 36.8 Å². The number of anilines is 1. The summed E-state index contributed by atoms with van der Waals surface area (Å²) in [5.74, 6) is -1.64. The number of benzene rings is 1. The molecule has 4 heterocycles. The maximum absolute atomic E-state index is 15.1. The first-order chi connectivity index (χ1) is 17.5. The zero-order chi connectivity index (χ0) is 26.6. The summed E-state index contributed by atoms with van der Waals surface area (Å²) in [6, 6.07) is 5.61. The van der Waals surface area contributed by atoms with E-state index in [9.17, 15) is 19.6 Å². The first-order valence-electron chi connectivity index (χ1n) is 11.4. The number of nitrogens with zero attached hydrogens (tertiary/aromatic N) is 6. The molecule has 11 heteroatoms. The molecule has 0 bridgehead atoms. The topological polar surface area (TPSA) is 117 Å². The second-order valence-electron chi connectivity index (χ2n) is 9.36. The van der Waals surface area contributed by atoms with E-state index < -0.39 is 29.2 Å². The number of aromatic nitrogens is 4. The van der Waals surface area contributed by atoms with E-state index in [1.165, 1.54) is 42.5 Å². The Hall–Kier alpha value is -4.43. The van der Waals surface area contributed by atoms with Gasteiger partial charge in [0.15, 0.2) is 23.5 Å². The van der Waals surface area contributed by atoms with Gasteiger partial charge in [-0.1, -0.05) is 0 Å². The van der Waals surface area contributed by atoms with E-state index in [2.05, 4.69) is 15.0 Å². The highest BCUT2D eigenvalue weighted by Crippen LogP contribution is 2.38. The summed E-state index contributed by atoms with van der Waals surface area (Å²) >= 11 is 0. The van der Waals surface area contributed by atoms with Gasteiger partial charge in [-0.15, -0.1) is 0 Å². The molecule has 5 rings (SSSR count). The second-order valence-corrected chi connectivity index (χ2v) is 9.36. The Morgan fingerprint density at radius 1 is 1.19 bits per heavy atom. The first kappa shape index (κ1) is 24.3. The van der Waals surface area contributed by atoms with Crippen molar-refractivity contribution >= 4 is 17.2 Å². The van der Waals surface area contributed by atoms with E-state index in [1.54, 1.807) is 25.2 Å². The molecule has 1 aliphatic rings. The number of imidazole rings is 1. The van der Waals surface area contributed by atoms with Crippen molar-refractivity contribution in [2.24, 2.45) is 0 Å². The third-order valence-electron chi connectivity index (χ3n) is 6.18. The Balaban J connectivity index is 1.61. The predicted octanol–water partition coefficient (Wildman–Crippen LogP) is 3.79. The van der Waals surface area contributed by atoms with Crippen molar-refractivity contribution in [1.29, 1.82) is 5.26 Å². The SMILES string of the molecule is Cc1nc2cc(F)c(-c3cnc(C(C)(C)O)nc3)cn2c1CN1C(=O)[C@@H](C)Oc2c(F)cc(C#N)cc21. The highest BCUT2D eigenvalue weighted by Gasteiger charge is 2.35. The van der Waals surface area contributed by atoms with Crippen LogP contribution in [0, 0.1) is 29.9 Å². The molecule has 1 aliphatic heterocycles. The number of halogens is 2. The van der Waals surface area contributed by atoms with Crippen LogP contribution in [0.5, 0.6) is 5.75 Å². The summed E-state index contributed by atoms with van der Waals surface area (Å²) in [5, 5.41) is 19.4. The van der Waals surface area contributed by atoms with Crippen molar-refractivity contribution in [1.82, 2.24) is 19.4 Å². The molecule has 188 valence electrons. The average molecular weight is 504 g/mol. The summed E-state index contributed by atoms with van der Waals surface area (Å²) < 4.78 is 36.9. The molecule has 1 amide bonds. The molecule has 1 aromatic carbocycles. The Bertz CT molecular complexity index is 1600. The van der Waals surface area contributed by atoms with Gasteiger partial charge in [0.2, 0.25) is 0 Å². The van der Waals surface area contributed by atoms with Crippen molar-refractivity contribution in [3.8, 4) is 22.9 Å². The molecular weight excluding hydrogens is 482 g/mol. The number of carbonyl (C=O) groups excluding carboxylic acids is 1. The van der Waals surface area contributed by atoms with Gasteiger partial charge < -0.3 is 14.2 Å². The summed E-state index contributed by atoms with van der Waals surface area (Å²) in [6.07, 6.45) is 3.42. The van der Waals surface area contributed by atoms with Crippen molar-refractivity contribution < 1.29 is 23.4 Å². The molecule has 0 spiro atoms. The lowest BCUT2D eigenvalue weighted by atomic mass is 10.1. The number of amides is 1. The molecule has 0 saturated carbocycles. The van der Waals surface area contributed by atoms with Crippen LogP contribution < -0.4 is 9.64 Å². The van der Waals surface area contributed by atoms with E-state index in [0.29, 0.717) is 22.6 Å². The summed E-state index contributed by atoms with van der Waals surface area (Å²) in [6.45, 7) is 6.31. The summed E-state index contributed by atoms with van der Waals surface area (Å²) in [5.41, 5.74) is 0.900. The number of hydrogen-bond donors (Lipinski definition) is 1. The van der Waals surface area contributed by atoms with Crippen molar-refractivity contribution in [3.63, 3.8) is 0 Å². The van der Waals surface area contributed by atoms with E-state index in [-0.39, 0.29) is 34.9 Å². The molecule has 4 aromatic rings. The number of pyridine rings is 1. The molecule has 0 radical (unpaired) electrons. The second kappa shape index (κ2) is 8.60. The Labute approximate surface area is 210 Å². The van der Waals surface area contributed by atoms with Gasteiger partial charge in [-0.3, -0.25) is 9.69 Å².